The third-order valence-electron chi connectivity index (χ3n) is 2.19. The van der Waals surface area contributed by atoms with Crippen LogP contribution in [0, 0.1) is 0 Å². The summed E-state index contributed by atoms with van der Waals surface area (Å²) in [6.07, 6.45) is 1.99. The molecule has 64 valence electrons. The van der Waals surface area contributed by atoms with E-state index in [2.05, 4.69) is 18.2 Å². The molecular formula is C10H13NO. The van der Waals surface area contributed by atoms with Crippen molar-refractivity contribution in [2.24, 2.45) is 5.73 Å². The van der Waals surface area contributed by atoms with Gasteiger partial charge in [-0.1, -0.05) is 12.1 Å². The number of rotatable bonds is 2. The highest BCUT2D eigenvalue weighted by molar-refractivity contribution is 5.40. The molecule has 2 N–H and O–H groups in total. The molecule has 2 heteroatoms. The van der Waals surface area contributed by atoms with Crippen LogP contribution < -0.4 is 10.5 Å². The minimum atomic E-state index is 0.707. The van der Waals surface area contributed by atoms with Gasteiger partial charge >= 0.3 is 0 Å². The average molecular weight is 163 g/mol. The lowest BCUT2D eigenvalue weighted by atomic mass is 10.1. The number of benzene rings is 1. The van der Waals surface area contributed by atoms with E-state index in [4.69, 9.17) is 10.5 Å². The van der Waals surface area contributed by atoms with E-state index in [0.29, 0.717) is 6.54 Å². The molecule has 2 nitrogen and oxygen atoms in total. The van der Waals surface area contributed by atoms with Crippen molar-refractivity contribution >= 4 is 0 Å². The molecule has 0 spiro atoms. The van der Waals surface area contributed by atoms with E-state index in [9.17, 15) is 0 Å². The van der Waals surface area contributed by atoms with Gasteiger partial charge in [0.2, 0.25) is 0 Å². The van der Waals surface area contributed by atoms with Gasteiger partial charge in [0.1, 0.15) is 5.75 Å². The number of hydrogen-bond donors (Lipinski definition) is 1. The van der Waals surface area contributed by atoms with E-state index < -0.39 is 0 Å². The number of ether oxygens (including phenoxy) is 1. The van der Waals surface area contributed by atoms with Gasteiger partial charge in [0, 0.05) is 6.42 Å². The summed E-state index contributed by atoms with van der Waals surface area (Å²) in [7, 11) is 0. The normalized spacial score (nSPS) is 14.1. The second-order valence-corrected chi connectivity index (χ2v) is 3.08. The number of fused-ring (bicyclic) bond motifs is 1. The zero-order chi connectivity index (χ0) is 8.39. The molecule has 1 aromatic carbocycles. The third-order valence-corrected chi connectivity index (χ3v) is 2.19. The van der Waals surface area contributed by atoms with Crippen LogP contribution >= 0.6 is 0 Å². The van der Waals surface area contributed by atoms with Crippen LogP contribution in [0.4, 0.5) is 0 Å². The topological polar surface area (TPSA) is 35.2 Å². The Morgan fingerprint density at radius 3 is 3.17 bits per heavy atom. The van der Waals surface area contributed by atoms with Gasteiger partial charge in [-0.3, -0.25) is 0 Å². The molecule has 0 saturated carbocycles. The lowest BCUT2D eigenvalue weighted by molar-refractivity contribution is 0.356. The van der Waals surface area contributed by atoms with E-state index in [1.165, 1.54) is 11.1 Å². The van der Waals surface area contributed by atoms with E-state index in [-0.39, 0.29) is 0 Å². The molecule has 1 aromatic rings. The van der Waals surface area contributed by atoms with Crippen molar-refractivity contribution in [2.75, 3.05) is 13.2 Å². The Hall–Kier alpha value is -1.02. The van der Waals surface area contributed by atoms with Gasteiger partial charge in [-0.15, -0.1) is 0 Å². The Labute approximate surface area is 72.3 Å². The van der Waals surface area contributed by atoms with Crippen molar-refractivity contribution in [3.8, 4) is 5.75 Å². The van der Waals surface area contributed by atoms with Crippen LogP contribution in [0.5, 0.6) is 5.75 Å². The van der Waals surface area contributed by atoms with Crippen molar-refractivity contribution in [3.05, 3.63) is 29.3 Å². The van der Waals surface area contributed by atoms with Crippen molar-refractivity contribution in [1.82, 2.24) is 0 Å². The highest BCUT2D eigenvalue weighted by Gasteiger charge is 2.11. The summed E-state index contributed by atoms with van der Waals surface area (Å²) >= 11 is 0. The van der Waals surface area contributed by atoms with Crippen LogP contribution in [0.25, 0.3) is 0 Å². The summed E-state index contributed by atoms with van der Waals surface area (Å²) in [4.78, 5) is 0. The lowest BCUT2D eigenvalue weighted by Gasteiger charge is -2.02. The maximum absolute atomic E-state index is 5.46. The van der Waals surface area contributed by atoms with Gasteiger partial charge in [0.25, 0.3) is 0 Å². The first-order valence-electron chi connectivity index (χ1n) is 4.35. The van der Waals surface area contributed by atoms with Crippen molar-refractivity contribution in [2.45, 2.75) is 12.8 Å². The standard InChI is InChI=1S/C10H13NO/c11-5-3-8-1-2-9-4-6-12-10(9)7-8/h1-2,7H,3-6,11H2. The fourth-order valence-electron chi connectivity index (χ4n) is 1.53. The van der Waals surface area contributed by atoms with Gasteiger partial charge in [-0.25, -0.2) is 0 Å². The first kappa shape index (κ1) is 7.62. The second kappa shape index (κ2) is 3.15. The molecule has 12 heavy (non-hydrogen) atoms. The van der Waals surface area contributed by atoms with Crippen LogP contribution in [0.15, 0.2) is 18.2 Å². The zero-order valence-corrected chi connectivity index (χ0v) is 7.05. The predicted molar refractivity (Wildman–Crippen MR) is 48.4 cm³/mol. The molecule has 0 bridgehead atoms. The Morgan fingerprint density at radius 1 is 1.42 bits per heavy atom. The van der Waals surface area contributed by atoms with Crippen LogP contribution in [0.3, 0.4) is 0 Å². The second-order valence-electron chi connectivity index (χ2n) is 3.08. The first-order chi connectivity index (χ1) is 5.90. The third kappa shape index (κ3) is 1.30. The van der Waals surface area contributed by atoms with Crippen molar-refractivity contribution in [1.29, 1.82) is 0 Å². The van der Waals surface area contributed by atoms with Crippen LogP contribution in [-0.4, -0.2) is 13.2 Å². The van der Waals surface area contributed by atoms with E-state index in [1.807, 2.05) is 0 Å². The molecule has 0 atom stereocenters. The molecule has 1 aliphatic heterocycles. The minimum absolute atomic E-state index is 0.707. The van der Waals surface area contributed by atoms with Crippen molar-refractivity contribution in [3.63, 3.8) is 0 Å². The van der Waals surface area contributed by atoms with E-state index in [1.54, 1.807) is 0 Å². The van der Waals surface area contributed by atoms with E-state index in [0.717, 1.165) is 25.2 Å². The van der Waals surface area contributed by atoms with Crippen LogP contribution in [-0.2, 0) is 12.8 Å². The SMILES string of the molecule is NCCc1ccc2c(c1)OCC2. The molecule has 1 aliphatic rings. The summed E-state index contributed by atoms with van der Waals surface area (Å²) in [5.41, 5.74) is 8.07. The average Bonchev–Trinajstić information content (AvgIpc) is 2.51. The van der Waals surface area contributed by atoms with Gasteiger partial charge in [-0.2, -0.15) is 0 Å². The molecule has 0 aromatic heterocycles. The molecule has 0 radical (unpaired) electrons. The Bertz CT molecular complexity index is 283. The fraction of sp³-hybridized carbons (Fsp3) is 0.400. The molecule has 0 amide bonds. The van der Waals surface area contributed by atoms with Gasteiger partial charge in [0.15, 0.2) is 0 Å². The summed E-state index contributed by atoms with van der Waals surface area (Å²) in [6.45, 7) is 1.54. The van der Waals surface area contributed by atoms with Crippen LogP contribution in [0.1, 0.15) is 11.1 Å². The molecular weight excluding hydrogens is 150 g/mol. The summed E-state index contributed by atoms with van der Waals surface area (Å²) in [5.74, 6) is 1.06. The highest BCUT2D eigenvalue weighted by Crippen LogP contribution is 2.25. The van der Waals surface area contributed by atoms with Gasteiger partial charge < -0.3 is 10.5 Å². The fourth-order valence-corrected chi connectivity index (χ4v) is 1.53. The van der Waals surface area contributed by atoms with Gasteiger partial charge in [0.05, 0.1) is 6.61 Å². The monoisotopic (exact) mass is 163 g/mol. The van der Waals surface area contributed by atoms with Gasteiger partial charge in [-0.05, 0) is 30.2 Å². The van der Waals surface area contributed by atoms with Crippen molar-refractivity contribution < 1.29 is 4.74 Å². The lowest BCUT2D eigenvalue weighted by Crippen LogP contribution is -2.02. The molecule has 0 unspecified atom stereocenters. The Morgan fingerprint density at radius 2 is 2.33 bits per heavy atom. The highest BCUT2D eigenvalue weighted by atomic mass is 16.5. The molecule has 0 fully saturated rings. The van der Waals surface area contributed by atoms with Crippen LogP contribution in [0.2, 0.25) is 0 Å². The molecule has 0 aliphatic carbocycles. The zero-order valence-electron chi connectivity index (χ0n) is 7.05. The molecule has 1 heterocycles. The minimum Gasteiger partial charge on any atom is -0.493 e. The van der Waals surface area contributed by atoms with E-state index >= 15 is 0 Å². The quantitative estimate of drug-likeness (QED) is 0.709. The predicted octanol–water partition coefficient (Wildman–Crippen LogP) is 1.12. The maximum Gasteiger partial charge on any atom is 0.122 e. The summed E-state index contributed by atoms with van der Waals surface area (Å²) in [5, 5.41) is 0. The number of nitrogens with two attached hydrogens (primary N) is 1. The first-order valence-corrected chi connectivity index (χ1v) is 4.35. The summed E-state index contributed by atoms with van der Waals surface area (Å²) in [6, 6.07) is 6.39. The molecule has 0 saturated heterocycles. The summed E-state index contributed by atoms with van der Waals surface area (Å²) < 4.78 is 5.44. The Balaban J connectivity index is 2.26. The largest absolute Gasteiger partial charge is 0.493 e. The number of hydrogen-bond acceptors (Lipinski definition) is 2. The Kier molecular flexibility index (Phi) is 2.00. The molecule has 2 rings (SSSR count). The smallest absolute Gasteiger partial charge is 0.122 e. The maximum atomic E-state index is 5.46.